The fourth-order valence-electron chi connectivity index (χ4n) is 1.96. The monoisotopic (exact) mass is 254 g/mol. The van der Waals surface area contributed by atoms with Gasteiger partial charge in [0.25, 0.3) is 0 Å². The number of benzene rings is 1. The summed E-state index contributed by atoms with van der Waals surface area (Å²) in [4.78, 5) is 11.6. The van der Waals surface area contributed by atoms with Crippen LogP contribution in [-0.2, 0) is 9.53 Å². The van der Waals surface area contributed by atoms with E-state index in [-0.39, 0.29) is 5.91 Å². The maximum Gasteiger partial charge on any atom is 0.245 e. The minimum atomic E-state index is -0.800. The SMILES string of the molecule is NC(=O)C1(Nc2ccc(Cl)cc2)CCCOC1. The van der Waals surface area contributed by atoms with Gasteiger partial charge in [0.05, 0.1) is 6.61 Å². The van der Waals surface area contributed by atoms with Gasteiger partial charge in [0.15, 0.2) is 0 Å². The Kier molecular flexibility index (Phi) is 3.54. The summed E-state index contributed by atoms with van der Waals surface area (Å²) in [5.74, 6) is -0.382. The predicted molar refractivity (Wildman–Crippen MR) is 67.1 cm³/mol. The van der Waals surface area contributed by atoms with E-state index < -0.39 is 5.54 Å². The fourth-order valence-corrected chi connectivity index (χ4v) is 2.08. The Morgan fingerprint density at radius 3 is 2.65 bits per heavy atom. The normalized spacial score (nSPS) is 24.3. The van der Waals surface area contributed by atoms with Gasteiger partial charge in [0, 0.05) is 17.3 Å². The molecule has 0 radical (unpaired) electrons. The van der Waals surface area contributed by atoms with Gasteiger partial charge in [0.1, 0.15) is 5.54 Å². The number of hydrogen-bond acceptors (Lipinski definition) is 3. The van der Waals surface area contributed by atoms with Crippen LogP contribution in [0.15, 0.2) is 24.3 Å². The zero-order chi connectivity index (χ0) is 12.3. The summed E-state index contributed by atoms with van der Waals surface area (Å²) in [6, 6.07) is 7.17. The lowest BCUT2D eigenvalue weighted by atomic mass is 9.91. The first-order valence-corrected chi connectivity index (χ1v) is 5.92. The van der Waals surface area contributed by atoms with Crippen LogP contribution in [0.3, 0.4) is 0 Å². The summed E-state index contributed by atoms with van der Waals surface area (Å²) in [6.07, 6.45) is 1.51. The van der Waals surface area contributed by atoms with Crippen molar-refractivity contribution in [2.45, 2.75) is 18.4 Å². The zero-order valence-electron chi connectivity index (χ0n) is 9.41. The van der Waals surface area contributed by atoms with Crippen molar-refractivity contribution >= 4 is 23.2 Å². The number of halogens is 1. The Morgan fingerprint density at radius 1 is 1.41 bits per heavy atom. The second-order valence-corrected chi connectivity index (χ2v) is 4.67. The van der Waals surface area contributed by atoms with Gasteiger partial charge in [-0.05, 0) is 37.1 Å². The van der Waals surface area contributed by atoms with Crippen LogP contribution in [0.5, 0.6) is 0 Å². The van der Waals surface area contributed by atoms with Crippen LogP contribution in [-0.4, -0.2) is 24.7 Å². The molecule has 17 heavy (non-hydrogen) atoms. The quantitative estimate of drug-likeness (QED) is 0.864. The molecule has 4 nitrogen and oxygen atoms in total. The molecule has 2 rings (SSSR count). The van der Waals surface area contributed by atoms with E-state index >= 15 is 0 Å². The van der Waals surface area contributed by atoms with Crippen LogP contribution in [0.25, 0.3) is 0 Å². The number of ether oxygens (including phenoxy) is 1. The molecule has 0 spiro atoms. The van der Waals surface area contributed by atoms with Gasteiger partial charge in [-0.25, -0.2) is 0 Å². The molecule has 0 saturated carbocycles. The lowest BCUT2D eigenvalue weighted by molar-refractivity contribution is -0.126. The average Bonchev–Trinajstić information content (AvgIpc) is 2.33. The highest BCUT2D eigenvalue weighted by molar-refractivity contribution is 6.30. The van der Waals surface area contributed by atoms with E-state index in [1.165, 1.54) is 0 Å². The van der Waals surface area contributed by atoms with Crippen LogP contribution in [0, 0.1) is 0 Å². The summed E-state index contributed by atoms with van der Waals surface area (Å²) in [5.41, 5.74) is 5.49. The summed E-state index contributed by atoms with van der Waals surface area (Å²) in [6.45, 7) is 0.988. The van der Waals surface area contributed by atoms with E-state index in [0.29, 0.717) is 24.7 Å². The van der Waals surface area contributed by atoms with Crippen molar-refractivity contribution in [2.24, 2.45) is 5.73 Å². The molecule has 1 unspecified atom stereocenters. The highest BCUT2D eigenvalue weighted by Crippen LogP contribution is 2.25. The van der Waals surface area contributed by atoms with Gasteiger partial charge in [-0.15, -0.1) is 0 Å². The van der Waals surface area contributed by atoms with Crippen molar-refractivity contribution in [3.05, 3.63) is 29.3 Å². The average molecular weight is 255 g/mol. The van der Waals surface area contributed by atoms with Crippen LogP contribution in [0.1, 0.15) is 12.8 Å². The number of carbonyl (C=O) groups is 1. The lowest BCUT2D eigenvalue weighted by Crippen LogP contribution is -2.56. The Bertz CT molecular complexity index is 399. The number of hydrogen-bond donors (Lipinski definition) is 2. The van der Waals surface area contributed by atoms with Gasteiger partial charge < -0.3 is 15.8 Å². The van der Waals surface area contributed by atoms with Gasteiger partial charge >= 0.3 is 0 Å². The summed E-state index contributed by atoms with van der Waals surface area (Å²) in [5, 5.41) is 3.82. The Morgan fingerprint density at radius 2 is 2.12 bits per heavy atom. The molecule has 1 fully saturated rings. The molecule has 1 aromatic carbocycles. The van der Waals surface area contributed by atoms with E-state index in [2.05, 4.69) is 5.32 Å². The Hall–Kier alpha value is -1.26. The molecule has 3 N–H and O–H groups in total. The molecule has 0 aliphatic carbocycles. The Labute approximate surface area is 105 Å². The predicted octanol–water partition coefficient (Wildman–Crippen LogP) is 1.79. The maximum atomic E-state index is 11.6. The standard InChI is InChI=1S/C12H15ClN2O2/c13-9-2-4-10(5-3-9)15-12(11(14)16)6-1-7-17-8-12/h2-5,15H,1,6-8H2,(H2,14,16). The molecule has 5 heteroatoms. The third kappa shape index (κ3) is 2.70. The second-order valence-electron chi connectivity index (χ2n) is 4.23. The maximum absolute atomic E-state index is 11.6. The van der Waals surface area contributed by atoms with Crippen molar-refractivity contribution in [2.75, 3.05) is 18.5 Å². The third-order valence-corrected chi connectivity index (χ3v) is 3.19. The van der Waals surface area contributed by atoms with Gasteiger partial charge in [-0.3, -0.25) is 4.79 Å². The molecule has 0 aromatic heterocycles. The van der Waals surface area contributed by atoms with E-state index in [1.807, 2.05) is 12.1 Å². The third-order valence-electron chi connectivity index (χ3n) is 2.94. The van der Waals surface area contributed by atoms with Crippen LogP contribution >= 0.6 is 11.6 Å². The largest absolute Gasteiger partial charge is 0.378 e. The van der Waals surface area contributed by atoms with Crippen LogP contribution in [0.4, 0.5) is 5.69 Å². The van der Waals surface area contributed by atoms with E-state index in [0.717, 1.165) is 12.1 Å². The number of nitrogens with two attached hydrogens (primary N) is 1. The molecule has 1 amide bonds. The van der Waals surface area contributed by atoms with Crippen LogP contribution < -0.4 is 11.1 Å². The molecule has 1 aliphatic heterocycles. The van der Waals surface area contributed by atoms with E-state index in [9.17, 15) is 4.79 Å². The Balaban J connectivity index is 2.17. The minimum Gasteiger partial charge on any atom is -0.378 e. The second kappa shape index (κ2) is 4.94. The van der Waals surface area contributed by atoms with Crippen molar-refractivity contribution in [1.29, 1.82) is 0 Å². The van der Waals surface area contributed by atoms with Crippen molar-refractivity contribution < 1.29 is 9.53 Å². The minimum absolute atomic E-state index is 0.310. The molecular weight excluding hydrogens is 240 g/mol. The van der Waals surface area contributed by atoms with Crippen molar-refractivity contribution in [1.82, 2.24) is 0 Å². The van der Waals surface area contributed by atoms with Crippen molar-refractivity contribution in [3.63, 3.8) is 0 Å². The highest BCUT2D eigenvalue weighted by Gasteiger charge is 2.38. The number of nitrogens with one attached hydrogen (secondary N) is 1. The molecule has 1 atom stereocenters. The molecule has 1 aliphatic rings. The van der Waals surface area contributed by atoms with Crippen LogP contribution in [0.2, 0.25) is 5.02 Å². The van der Waals surface area contributed by atoms with E-state index in [1.54, 1.807) is 12.1 Å². The number of carbonyl (C=O) groups excluding carboxylic acids is 1. The molecule has 92 valence electrons. The number of anilines is 1. The summed E-state index contributed by atoms with van der Waals surface area (Å²) < 4.78 is 5.35. The first kappa shape index (κ1) is 12.2. The smallest absolute Gasteiger partial charge is 0.245 e. The number of amides is 1. The molecular formula is C12H15ClN2O2. The lowest BCUT2D eigenvalue weighted by Gasteiger charge is -2.35. The fraction of sp³-hybridized carbons (Fsp3) is 0.417. The zero-order valence-corrected chi connectivity index (χ0v) is 10.2. The topological polar surface area (TPSA) is 64.4 Å². The summed E-state index contributed by atoms with van der Waals surface area (Å²) >= 11 is 5.81. The van der Waals surface area contributed by atoms with Crippen molar-refractivity contribution in [3.8, 4) is 0 Å². The first-order valence-electron chi connectivity index (χ1n) is 5.54. The summed E-state index contributed by atoms with van der Waals surface area (Å²) in [7, 11) is 0. The molecule has 1 aromatic rings. The van der Waals surface area contributed by atoms with Gasteiger partial charge in [-0.1, -0.05) is 11.6 Å². The molecule has 1 saturated heterocycles. The van der Waals surface area contributed by atoms with Gasteiger partial charge in [-0.2, -0.15) is 0 Å². The van der Waals surface area contributed by atoms with Gasteiger partial charge in [0.2, 0.25) is 5.91 Å². The molecule has 0 bridgehead atoms. The number of primary amides is 1. The number of rotatable bonds is 3. The highest BCUT2D eigenvalue weighted by atomic mass is 35.5. The molecule has 1 heterocycles. The van der Waals surface area contributed by atoms with E-state index in [4.69, 9.17) is 22.1 Å². The first-order chi connectivity index (χ1) is 8.12.